The van der Waals surface area contributed by atoms with E-state index in [4.69, 9.17) is 0 Å². The van der Waals surface area contributed by atoms with Crippen molar-refractivity contribution >= 4 is 21.8 Å². The predicted molar refractivity (Wildman–Crippen MR) is 187 cm³/mol. The molecule has 0 unspecified atom stereocenters. The van der Waals surface area contributed by atoms with Gasteiger partial charge in [-0.25, -0.2) is 0 Å². The fourth-order valence-corrected chi connectivity index (χ4v) is 8.00. The molecule has 0 radical (unpaired) electrons. The molecule has 0 aliphatic heterocycles. The van der Waals surface area contributed by atoms with Crippen molar-refractivity contribution in [2.75, 3.05) is 0 Å². The summed E-state index contributed by atoms with van der Waals surface area (Å²) in [6, 6.07) is 0. The van der Waals surface area contributed by atoms with E-state index in [1.807, 2.05) is 0 Å². The maximum Gasteiger partial charge on any atom is 0.0579 e. The van der Waals surface area contributed by atoms with Crippen molar-refractivity contribution in [1.82, 2.24) is 4.57 Å². The van der Waals surface area contributed by atoms with Crippen LogP contribution in [0.5, 0.6) is 0 Å². The average Bonchev–Trinajstić information content (AvgIpc) is 3.31. The van der Waals surface area contributed by atoms with Crippen molar-refractivity contribution in [3.63, 3.8) is 0 Å². The lowest BCUT2D eigenvalue weighted by Gasteiger charge is -2.25. The number of nitrogens with zero attached hydrogens (tertiary/aromatic N) is 1. The van der Waals surface area contributed by atoms with Gasteiger partial charge in [0.05, 0.1) is 16.7 Å². The Morgan fingerprint density at radius 2 is 0.500 bits per heavy atom. The highest BCUT2D eigenvalue weighted by Crippen LogP contribution is 2.48. The van der Waals surface area contributed by atoms with E-state index >= 15 is 0 Å². The number of aromatic nitrogens is 1. The van der Waals surface area contributed by atoms with E-state index in [9.17, 15) is 0 Å². The largest absolute Gasteiger partial charge is 0.308 e. The zero-order chi connectivity index (χ0) is 31.4. The molecule has 0 fully saturated rings. The van der Waals surface area contributed by atoms with Crippen LogP contribution in [0.15, 0.2) is 0 Å². The van der Waals surface area contributed by atoms with Crippen molar-refractivity contribution in [2.24, 2.45) is 0 Å². The van der Waals surface area contributed by atoms with Crippen LogP contribution in [0.2, 0.25) is 0 Å². The second kappa shape index (κ2) is 9.87. The van der Waals surface area contributed by atoms with Crippen LogP contribution in [-0.2, 0) is 0 Å². The van der Waals surface area contributed by atoms with Gasteiger partial charge in [0.1, 0.15) is 0 Å². The second-order valence-electron chi connectivity index (χ2n) is 13.5. The highest BCUT2D eigenvalue weighted by molar-refractivity contribution is 6.17. The number of benzene rings is 4. The molecule has 42 heavy (non-hydrogen) atoms. The molecule has 0 aliphatic rings. The summed E-state index contributed by atoms with van der Waals surface area (Å²) < 4.78 is 2.69. The lowest BCUT2D eigenvalue weighted by Crippen LogP contribution is -2.09. The van der Waals surface area contributed by atoms with Crippen LogP contribution in [0.1, 0.15) is 94.6 Å². The van der Waals surface area contributed by atoms with E-state index < -0.39 is 0 Å². The predicted octanol–water partition coefficient (Wildman–Crippen LogP) is 11.7. The summed E-state index contributed by atoms with van der Waals surface area (Å²) in [5.41, 5.74) is 30.9. The van der Waals surface area contributed by atoms with Gasteiger partial charge in [-0.2, -0.15) is 0 Å². The standard InChI is InChI=1S/C41H51N/c1-18-20(3)26(9)35(27(10)21(18)4)36-29(12)30(13)38-37-28(11)22(5)25(8)33(16)40(37)42(41(38)34(36)17)39-31(14)23(6)19(2)24(7)32(39)15/h1-17H3. The summed E-state index contributed by atoms with van der Waals surface area (Å²) in [5, 5.41) is 2.86. The maximum absolute atomic E-state index is 2.69. The average molecular weight is 558 g/mol. The van der Waals surface area contributed by atoms with Crippen molar-refractivity contribution in [2.45, 2.75) is 118 Å². The van der Waals surface area contributed by atoms with Gasteiger partial charge in [-0.3, -0.25) is 0 Å². The Balaban J connectivity index is 2.20. The van der Waals surface area contributed by atoms with Crippen LogP contribution in [0.4, 0.5) is 0 Å². The molecule has 5 rings (SSSR count). The highest BCUT2D eigenvalue weighted by atomic mass is 15.0. The van der Waals surface area contributed by atoms with E-state index in [0.717, 1.165) is 0 Å². The minimum Gasteiger partial charge on any atom is -0.308 e. The number of fused-ring (bicyclic) bond motifs is 3. The monoisotopic (exact) mass is 557 g/mol. The Bertz CT molecular complexity index is 1960. The molecule has 5 aromatic rings. The Kier molecular flexibility index (Phi) is 7.08. The molecule has 0 spiro atoms. The third-order valence-corrected chi connectivity index (χ3v) is 12.1. The molecule has 1 nitrogen and oxygen atoms in total. The van der Waals surface area contributed by atoms with Crippen molar-refractivity contribution in [3.05, 3.63) is 94.6 Å². The fourth-order valence-electron chi connectivity index (χ4n) is 8.00. The van der Waals surface area contributed by atoms with Gasteiger partial charge in [0.15, 0.2) is 0 Å². The third kappa shape index (κ3) is 3.68. The fraction of sp³-hybridized carbons (Fsp3) is 0.415. The number of hydrogen-bond donors (Lipinski definition) is 0. The lowest BCUT2D eigenvalue weighted by atomic mass is 9.81. The maximum atomic E-state index is 2.69. The minimum absolute atomic E-state index is 1.36. The molecular formula is C41H51N. The van der Waals surface area contributed by atoms with Gasteiger partial charge in [-0.15, -0.1) is 0 Å². The molecule has 4 aromatic carbocycles. The van der Waals surface area contributed by atoms with Gasteiger partial charge in [-0.05, 0) is 223 Å². The van der Waals surface area contributed by atoms with Crippen molar-refractivity contribution in [3.8, 4) is 16.8 Å². The smallest absolute Gasteiger partial charge is 0.0579 e. The number of rotatable bonds is 2. The first-order valence-corrected chi connectivity index (χ1v) is 15.7. The zero-order valence-electron chi connectivity index (χ0n) is 29.4. The highest BCUT2D eigenvalue weighted by Gasteiger charge is 2.28. The van der Waals surface area contributed by atoms with Gasteiger partial charge in [0.25, 0.3) is 0 Å². The second-order valence-corrected chi connectivity index (χ2v) is 13.5. The molecular weight excluding hydrogens is 506 g/mol. The van der Waals surface area contributed by atoms with Crippen LogP contribution in [0.3, 0.4) is 0 Å². The van der Waals surface area contributed by atoms with Crippen LogP contribution >= 0.6 is 0 Å². The van der Waals surface area contributed by atoms with Crippen LogP contribution in [0.25, 0.3) is 38.6 Å². The van der Waals surface area contributed by atoms with Crippen molar-refractivity contribution in [1.29, 1.82) is 0 Å². The molecule has 220 valence electrons. The molecule has 0 atom stereocenters. The van der Waals surface area contributed by atoms with Gasteiger partial charge in [0, 0.05) is 10.8 Å². The first kappa shape index (κ1) is 30.1. The molecule has 0 N–H and O–H groups in total. The van der Waals surface area contributed by atoms with Crippen LogP contribution in [-0.4, -0.2) is 4.57 Å². The number of aryl methyl sites for hydroxylation is 4. The molecule has 0 bridgehead atoms. The summed E-state index contributed by atoms with van der Waals surface area (Å²) in [6.07, 6.45) is 0. The first-order chi connectivity index (χ1) is 19.5. The van der Waals surface area contributed by atoms with E-state index in [1.165, 1.54) is 133 Å². The molecule has 1 heterocycles. The summed E-state index contributed by atoms with van der Waals surface area (Å²) >= 11 is 0. The Morgan fingerprint density at radius 1 is 0.238 bits per heavy atom. The van der Waals surface area contributed by atoms with E-state index in [2.05, 4.69) is 122 Å². The topological polar surface area (TPSA) is 4.93 Å². The van der Waals surface area contributed by atoms with Gasteiger partial charge >= 0.3 is 0 Å². The Hall–Kier alpha value is -3.32. The van der Waals surface area contributed by atoms with Crippen molar-refractivity contribution < 1.29 is 0 Å². The lowest BCUT2D eigenvalue weighted by molar-refractivity contribution is 1.06. The minimum atomic E-state index is 1.36. The molecule has 1 heteroatoms. The molecule has 0 amide bonds. The Morgan fingerprint density at radius 3 is 0.952 bits per heavy atom. The molecule has 0 aliphatic carbocycles. The van der Waals surface area contributed by atoms with Crippen LogP contribution in [0, 0.1) is 118 Å². The van der Waals surface area contributed by atoms with Gasteiger partial charge < -0.3 is 4.57 Å². The van der Waals surface area contributed by atoms with Gasteiger partial charge in [0.2, 0.25) is 0 Å². The summed E-state index contributed by atoms with van der Waals surface area (Å²) in [6.45, 7) is 39.6. The molecule has 0 saturated heterocycles. The van der Waals surface area contributed by atoms with E-state index in [-0.39, 0.29) is 0 Å². The van der Waals surface area contributed by atoms with Gasteiger partial charge in [-0.1, -0.05) is 0 Å². The SMILES string of the molecule is Cc1c(C)c(C)c(-c2c(C)c(C)c3c4c(C)c(C)c(C)c(C)c4n(-c4c(C)c(C)c(C)c(C)c4C)c3c2C)c(C)c1C. The normalized spacial score (nSPS) is 11.9. The van der Waals surface area contributed by atoms with Crippen LogP contribution < -0.4 is 0 Å². The zero-order valence-corrected chi connectivity index (χ0v) is 29.4. The summed E-state index contributed by atoms with van der Waals surface area (Å²) in [7, 11) is 0. The Labute approximate surface area is 255 Å². The van der Waals surface area contributed by atoms with E-state index in [1.54, 1.807) is 0 Å². The summed E-state index contributed by atoms with van der Waals surface area (Å²) in [4.78, 5) is 0. The van der Waals surface area contributed by atoms with E-state index in [0.29, 0.717) is 0 Å². The third-order valence-electron chi connectivity index (χ3n) is 12.1. The number of hydrogen-bond acceptors (Lipinski definition) is 0. The molecule has 0 saturated carbocycles. The quantitative estimate of drug-likeness (QED) is 0.203. The first-order valence-electron chi connectivity index (χ1n) is 15.7. The summed E-state index contributed by atoms with van der Waals surface area (Å²) in [5.74, 6) is 0. The molecule has 1 aromatic heterocycles.